The largest absolute Gasteiger partial charge is 0.444 e. The summed E-state index contributed by atoms with van der Waals surface area (Å²) in [6.45, 7) is 6.27. The topological polar surface area (TPSA) is 114 Å². The molecule has 11 heteroatoms. The van der Waals surface area contributed by atoms with Crippen LogP contribution in [0.2, 0.25) is 10.0 Å². The molecule has 0 radical (unpaired) electrons. The molecule has 192 valence electrons. The molecule has 0 bridgehead atoms. The van der Waals surface area contributed by atoms with Crippen LogP contribution in [0.3, 0.4) is 0 Å². The first-order valence-corrected chi connectivity index (χ1v) is 13.6. The number of sulfonamides is 1. The van der Waals surface area contributed by atoms with Crippen molar-refractivity contribution in [2.24, 2.45) is 0 Å². The van der Waals surface area contributed by atoms with Gasteiger partial charge >= 0.3 is 6.09 Å². The van der Waals surface area contributed by atoms with Crippen LogP contribution < -0.4 is 15.4 Å². The fraction of sp³-hybridized carbons (Fsp3) is 0.417. The van der Waals surface area contributed by atoms with Gasteiger partial charge in [0.1, 0.15) is 5.60 Å². The number of rotatable bonds is 11. The molecule has 2 amide bonds. The van der Waals surface area contributed by atoms with Crippen molar-refractivity contribution < 1.29 is 22.7 Å². The first-order valence-electron chi connectivity index (χ1n) is 11.1. The zero-order valence-electron chi connectivity index (χ0n) is 20.0. The SMILES string of the molecule is CC(C)(C)OC(=O)NCCCCNC(=O)c1ccc(NS(=O)(=O)CCc2cccc(Cl)c2Cl)cc1. The lowest BCUT2D eigenvalue weighted by molar-refractivity contribution is 0.0526. The van der Waals surface area contributed by atoms with Gasteiger partial charge in [-0.15, -0.1) is 0 Å². The number of carbonyl (C=O) groups excluding carboxylic acids is 2. The lowest BCUT2D eigenvalue weighted by Gasteiger charge is -2.19. The van der Waals surface area contributed by atoms with Gasteiger partial charge in [-0.1, -0.05) is 35.3 Å². The summed E-state index contributed by atoms with van der Waals surface area (Å²) >= 11 is 12.1. The fourth-order valence-corrected chi connectivity index (χ4v) is 4.47. The molecule has 0 aliphatic rings. The Morgan fingerprint density at radius 1 is 0.943 bits per heavy atom. The molecule has 8 nitrogen and oxygen atoms in total. The van der Waals surface area contributed by atoms with E-state index >= 15 is 0 Å². The van der Waals surface area contributed by atoms with Crippen molar-refractivity contribution in [2.75, 3.05) is 23.6 Å². The maximum atomic E-state index is 12.4. The van der Waals surface area contributed by atoms with Crippen LogP contribution in [0, 0.1) is 0 Å². The number of hydrogen-bond acceptors (Lipinski definition) is 5. The maximum Gasteiger partial charge on any atom is 0.407 e. The number of amides is 2. The van der Waals surface area contributed by atoms with E-state index in [0.29, 0.717) is 52.8 Å². The number of anilines is 1. The third-order valence-electron chi connectivity index (χ3n) is 4.65. The molecule has 0 heterocycles. The number of halogens is 2. The van der Waals surface area contributed by atoms with E-state index in [-0.39, 0.29) is 18.1 Å². The highest BCUT2D eigenvalue weighted by atomic mass is 35.5. The van der Waals surface area contributed by atoms with E-state index in [1.165, 1.54) is 12.1 Å². The summed E-state index contributed by atoms with van der Waals surface area (Å²) in [6.07, 6.45) is 1.10. The minimum Gasteiger partial charge on any atom is -0.444 e. The predicted octanol–water partition coefficient (Wildman–Crippen LogP) is 5.01. The lowest BCUT2D eigenvalue weighted by atomic mass is 10.2. The number of benzene rings is 2. The molecule has 2 aromatic rings. The van der Waals surface area contributed by atoms with E-state index in [1.807, 2.05) is 0 Å². The van der Waals surface area contributed by atoms with E-state index in [1.54, 1.807) is 51.1 Å². The number of nitrogens with one attached hydrogen (secondary N) is 3. The molecule has 0 aromatic heterocycles. The Bertz CT molecular complexity index is 1120. The Labute approximate surface area is 216 Å². The molecule has 35 heavy (non-hydrogen) atoms. The second kappa shape index (κ2) is 13.0. The summed E-state index contributed by atoms with van der Waals surface area (Å²) in [5, 5.41) is 6.18. The van der Waals surface area contributed by atoms with Crippen molar-refractivity contribution in [1.29, 1.82) is 0 Å². The van der Waals surface area contributed by atoms with Gasteiger partial charge in [0.25, 0.3) is 5.91 Å². The monoisotopic (exact) mass is 543 g/mol. The Balaban J connectivity index is 1.73. The molecule has 0 spiro atoms. The highest BCUT2D eigenvalue weighted by molar-refractivity contribution is 7.92. The standard InChI is InChI=1S/C24H31Cl2N3O5S/c1-24(2,3)34-23(31)28-15-5-4-14-27-22(30)18-9-11-19(12-10-18)29-35(32,33)16-13-17-7-6-8-20(25)21(17)26/h6-12,29H,4-5,13-16H2,1-3H3,(H,27,30)(H,28,31). The minimum atomic E-state index is -3.63. The number of unbranched alkanes of at least 4 members (excludes halogenated alkanes) is 1. The van der Waals surface area contributed by atoms with Gasteiger partial charge in [-0.25, -0.2) is 13.2 Å². The number of aryl methyl sites for hydroxylation is 1. The van der Waals surface area contributed by atoms with Crippen LogP contribution in [-0.2, 0) is 21.2 Å². The summed E-state index contributed by atoms with van der Waals surface area (Å²) in [4.78, 5) is 23.9. The van der Waals surface area contributed by atoms with Crippen LogP contribution in [0.4, 0.5) is 10.5 Å². The molecule has 0 fully saturated rings. The number of alkyl carbamates (subject to hydrolysis) is 1. The number of hydrogen-bond donors (Lipinski definition) is 3. The van der Waals surface area contributed by atoms with E-state index in [9.17, 15) is 18.0 Å². The smallest absolute Gasteiger partial charge is 0.407 e. The summed E-state index contributed by atoms with van der Waals surface area (Å²) < 4.78 is 32.5. The van der Waals surface area contributed by atoms with Gasteiger partial charge in [0.2, 0.25) is 10.0 Å². The molecule has 0 saturated heterocycles. The number of carbonyl (C=O) groups is 2. The van der Waals surface area contributed by atoms with Gasteiger partial charge in [0.05, 0.1) is 15.8 Å². The number of ether oxygens (including phenoxy) is 1. The van der Waals surface area contributed by atoms with Crippen LogP contribution in [0.25, 0.3) is 0 Å². The van der Waals surface area contributed by atoms with Gasteiger partial charge in [0.15, 0.2) is 0 Å². The molecule has 0 unspecified atom stereocenters. The Morgan fingerprint density at radius 2 is 1.57 bits per heavy atom. The average molecular weight is 545 g/mol. The molecule has 0 atom stereocenters. The second-order valence-corrected chi connectivity index (χ2v) is 11.5. The van der Waals surface area contributed by atoms with Crippen LogP contribution in [-0.4, -0.2) is 44.9 Å². The maximum absolute atomic E-state index is 12.4. The summed E-state index contributed by atoms with van der Waals surface area (Å²) in [6, 6.07) is 11.2. The molecule has 0 aliphatic heterocycles. The molecule has 0 saturated carbocycles. The highest BCUT2D eigenvalue weighted by Gasteiger charge is 2.16. The van der Waals surface area contributed by atoms with Crippen molar-refractivity contribution in [3.05, 3.63) is 63.6 Å². The molecular weight excluding hydrogens is 513 g/mol. The third kappa shape index (κ3) is 10.8. The van der Waals surface area contributed by atoms with Gasteiger partial charge < -0.3 is 15.4 Å². The average Bonchev–Trinajstić information content (AvgIpc) is 2.76. The van der Waals surface area contributed by atoms with Crippen LogP contribution in [0.5, 0.6) is 0 Å². The Hall–Kier alpha value is -2.49. The van der Waals surface area contributed by atoms with Crippen LogP contribution in [0.1, 0.15) is 49.5 Å². The van der Waals surface area contributed by atoms with Gasteiger partial charge in [0, 0.05) is 24.3 Å². The van der Waals surface area contributed by atoms with Crippen molar-refractivity contribution in [1.82, 2.24) is 10.6 Å². The van der Waals surface area contributed by atoms with E-state index in [2.05, 4.69) is 15.4 Å². The highest BCUT2D eigenvalue weighted by Crippen LogP contribution is 2.26. The Kier molecular flexibility index (Phi) is 10.7. The molecule has 2 aromatic carbocycles. The normalized spacial score (nSPS) is 11.6. The van der Waals surface area contributed by atoms with E-state index < -0.39 is 21.7 Å². The third-order valence-corrected chi connectivity index (χ3v) is 6.80. The molecule has 2 rings (SSSR count). The van der Waals surface area contributed by atoms with Gasteiger partial charge in [-0.05, 0) is 75.9 Å². The lowest BCUT2D eigenvalue weighted by Crippen LogP contribution is -2.33. The summed E-state index contributed by atoms with van der Waals surface area (Å²) in [5.74, 6) is -0.437. The molecular formula is C24H31Cl2N3O5S. The van der Waals surface area contributed by atoms with Crippen molar-refractivity contribution >= 4 is 50.9 Å². The predicted molar refractivity (Wildman–Crippen MR) is 140 cm³/mol. The van der Waals surface area contributed by atoms with Crippen molar-refractivity contribution in [2.45, 2.75) is 45.6 Å². The summed E-state index contributed by atoms with van der Waals surface area (Å²) in [7, 11) is -3.63. The molecule has 0 aliphatic carbocycles. The first kappa shape index (κ1) is 28.7. The van der Waals surface area contributed by atoms with Gasteiger partial charge in [-0.3, -0.25) is 9.52 Å². The van der Waals surface area contributed by atoms with E-state index in [4.69, 9.17) is 27.9 Å². The molecule has 3 N–H and O–H groups in total. The van der Waals surface area contributed by atoms with Crippen LogP contribution >= 0.6 is 23.2 Å². The van der Waals surface area contributed by atoms with E-state index in [0.717, 1.165) is 0 Å². The Morgan fingerprint density at radius 3 is 2.20 bits per heavy atom. The van der Waals surface area contributed by atoms with Crippen LogP contribution in [0.15, 0.2) is 42.5 Å². The quantitative estimate of drug-likeness (QED) is 0.344. The second-order valence-electron chi connectivity index (χ2n) is 8.85. The zero-order chi connectivity index (χ0) is 26.1. The summed E-state index contributed by atoms with van der Waals surface area (Å²) in [5.41, 5.74) is 0.869. The zero-order valence-corrected chi connectivity index (χ0v) is 22.3. The fourth-order valence-electron chi connectivity index (χ4n) is 2.96. The van der Waals surface area contributed by atoms with Crippen molar-refractivity contribution in [3.8, 4) is 0 Å². The first-order chi connectivity index (χ1) is 16.4. The van der Waals surface area contributed by atoms with Gasteiger partial charge in [-0.2, -0.15) is 0 Å². The minimum absolute atomic E-state index is 0.169. The van der Waals surface area contributed by atoms with Crippen molar-refractivity contribution in [3.63, 3.8) is 0 Å².